The molecule has 1 atom stereocenters. The Morgan fingerprint density at radius 2 is 2.15 bits per heavy atom. The minimum Gasteiger partial charge on any atom is -0.493 e. The van der Waals surface area contributed by atoms with Crippen LogP contribution >= 0.6 is 24.0 Å². The maximum absolute atomic E-state index is 5.99. The van der Waals surface area contributed by atoms with Crippen molar-refractivity contribution >= 4 is 29.9 Å². The van der Waals surface area contributed by atoms with Crippen molar-refractivity contribution in [1.82, 2.24) is 10.2 Å². The van der Waals surface area contributed by atoms with E-state index in [1.165, 1.54) is 0 Å². The van der Waals surface area contributed by atoms with Gasteiger partial charge in [-0.3, -0.25) is 0 Å². The third kappa shape index (κ3) is 8.68. The molecule has 5 nitrogen and oxygen atoms in total. The Labute approximate surface area is 181 Å². The smallest absolute Gasteiger partial charge is 0.193 e. The minimum absolute atomic E-state index is 0. The first-order chi connectivity index (χ1) is 12.6. The van der Waals surface area contributed by atoms with E-state index < -0.39 is 0 Å². The third-order valence-electron chi connectivity index (χ3n) is 4.58. The van der Waals surface area contributed by atoms with Crippen LogP contribution in [0, 0.1) is 11.8 Å². The number of nitrogens with one attached hydrogen (secondary N) is 1. The van der Waals surface area contributed by atoms with Crippen LogP contribution in [0.4, 0.5) is 0 Å². The van der Waals surface area contributed by atoms with Crippen molar-refractivity contribution in [3.8, 4) is 5.75 Å². The first-order valence-corrected chi connectivity index (χ1v) is 9.88. The van der Waals surface area contributed by atoms with Gasteiger partial charge in [-0.05, 0) is 31.7 Å². The Balaban J connectivity index is 0.00000364. The standard InChI is InChI=1S/C21H35N3O2.HI/c1-5-22-21(24(4)15-18-11-12-25-16-18)23-14-19-8-6-7-9-20(19)26-13-10-17(2)3;/h6-9,17-18H,5,10-16H2,1-4H3,(H,22,23);1H. The summed E-state index contributed by atoms with van der Waals surface area (Å²) in [6.07, 6.45) is 2.20. The fraction of sp³-hybridized carbons (Fsp3) is 0.667. The average Bonchev–Trinajstić information content (AvgIpc) is 3.12. The van der Waals surface area contributed by atoms with E-state index in [4.69, 9.17) is 14.5 Å². The second-order valence-electron chi connectivity index (χ2n) is 7.42. The summed E-state index contributed by atoms with van der Waals surface area (Å²) in [5.41, 5.74) is 1.13. The molecular weight excluding hydrogens is 453 g/mol. The summed E-state index contributed by atoms with van der Waals surface area (Å²) in [7, 11) is 2.10. The molecule has 1 aliphatic heterocycles. The van der Waals surface area contributed by atoms with E-state index in [1.54, 1.807) is 0 Å². The van der Waals surface area contributed by atoms with Gasteiger partial charge in [0.05, 0.1) is 19.8 Å². The number of benzene rings is 1. The van der Waals surface area contributed by atoms with Gasteiger partial charge in [0.1, 0.15) is 5.75 Å². The first kappa shape index (κ1) is 24.0. The molecule has 1 aliphatic rings. The molecule has 0 aliphatic carbocycles. The number of nitrogens with zero attached hydrogens (tertiary/aromatic N) is 2. The fourth-order valence-corrected chi connectivity index (χ4v) is 3.01. The second-order valence-corrected chi connectivity index (χ2v) is 7.42. The van der Waals surface area contributed by atoms with E-state index in [1.807, 2.05) is 18.2 Å². The summed E-state index contributed by atoms with van der Waals surface area (Å²) < 4.78 is 11.5. The topological polar surface area (TPSA) is 46.1 Å². The van der Waals surface area contributed by atoms with Gasteiger partial charge in [-0.15, -0.1) is 24.0 Å². The maximum atomic E-state index is 5.99. The zero-order valence-corrected chi connectivity index (χ0v) is 19.6. The number of hydrogen-bond acceptors (Lipinski definition) is 3. The van der Waals surface area contributed by atoms with Gasteiger partial charge in [0.15, 0.2) is 5.96 Å². The van der Waals surface area contributed by atoms with Crippen molar-refractivity contribution in [3.05, 3.63) is 29.8 Å². The van der Waals surface area contributed by atoms with Gasteiger partial charge in [0, 0.05) is 38.2 Å². The number of guanidine groups is 1. The molecule has 154 valence electrons. The van der Waals surface area contributed by atoms with E-state index in [-0.39, 0.29) is 24.0 Å². The molecular formula is C21H36IN3O2. The number of hydrogen-bond donors (Lipinski definition) is 1. The van der Waals surface area contributed by atoms with Crippen LogP contribution < -0.4 is 10.1 Å². The highest BCUT2D eigenvalue weighted by atomic mass is 127. The van der Waals surface area contributed by atoms with Crippen molar-refractivity contribution in [3.63, 3.8) is 0 Å². The molecule has 0 saturated carbocycles. The lowest BCUT2D eigenvalue weighted by Crippen LogP contribution is -2.41. The quantitative estimate of drug-likeness (QED) is 0.322. The molecule has 27 heavy (non-hydrogen) atoms. The van der Waals surface area contributed by atoms with Crippen LogP contribution in [0.1, 0.15) is 39.2 Å². The molecule has 0 spiro atoms. The van der Waals surface area contributed by atoms with Gasteiger partial charge >= 0.3 is 0 Å². The minimum atomic E-state index is 0. The molecule has 2 rings (SSSR count). The molecule has 0 aromatic heterocycles. The van der Waals surface area contributed by atoms with E-state index >= 15 is 0 Å². The number of para-hydroxylation sites is 1. The van der Waals surface area contributed by atoms with Crippen LogP contribution in [-0.2, 0) is 11.3 Å². The maximum Gasteiger partial charge on any atom is 0.193 e. The second kappa shape index (κ2) is 13.2. The predicted molar refractivity (Wildman–Crippen MR) is 123 cm³/mol. The Morgan fingerprint density at radius 1 is 1.37 bits per heavy atom. The van der Waals surface area contributed by atoms with Crippen LogP contribution in [0.2, 0.25) is 0 Å². The van der Waals surface area contributed by atoms with Gasteiger partial charge in [0.2, 0.25) is 0 Å². The van der Waals surface area contributed by atoms with Crippen LogP contribution in [-0.4, -0.2) is 50.8 Å². The monoisotopic (exact) mass is 489 g/mol. The molecule has 6 heteroatoms. The molecule has 1 aromatic carbocycles. The number of aliphatic imine (C=N–C) groups is 1. The SMILES string of the molecule is CCNC(=NCc1ccccc1OCCC(C)C)N(C)CC1CCOC1.I. The summed E-state index contributed by atoms with van der Waals surface area (Å²) in [6, 6.07) is 8.21. The number of rotatable bonds is 9. The predicted octanol–water partition coefficient (Wildman–Crippen LogP) is 4.16. The summed E-state index contributed by atoms with van der Waals surface area (Å²) in [4.78, 5) is 7.05. The van der Waals surface area contributed by atoms with E-state index in [9.17, 15) is 0 Å². The van der Waals surface area contributed by atoms with Gasteiger partial charge in [-0.25, -0.2) is 4.99 Å². The Morgan fingerprint density at radius 3 is 2.81 bits per heavy atom. The summed E-state index contributed by atoms with van der Waals surface area (Å²) in [5, 5.41) is 3.40. The molecule has 0 amide bonds. The highest BCUT2D eigenvalue weighted by Gasteiger charge is 2.19. The van der Waals surface area contributed by atoms with E-state index in [0.717, 1.165) is 63.0 Å². The van der Waals surface area contributed by atoms with Gasteiger partial charge in [-0.2, -0.15) is 0 Å². The van der Waals surface area contributed by atoms with Crippen molar-refractivity contribution in [2.75, 3.05) is 40.0 Å². The normalized spacial score (nSPS) is 16.9. The zero-order valence-electron chi connectivity index (χ0n) is 17.2. The summed E-state index contributed by atoms with van der Waals surface area (Å²) in [5.74, 6) is 3.13. The lowest BCUT2D eigenvalue weighted by Gasteiger charge is -2.24. The van der Waals surface area contributed by atoms with E-state index in [0.29, 0.717) is 18.4 Å². The highest BCUT2D eigenvalue weighted by molar-refractivity contribution is 14.0. The van der Waals surface area contributed by atoms with Gasteiger partial charge in [-0.1, -0.05) is 32.0 Å². The number of halogens is 1. The molecule has 0 radical (unpaired) electrons. The molecule has 1 N–H and O–H groups in total. The molecule has 1 fully saturated rings. The lowest BCUT2D eigenvalue weighted by molar-refractivity contribution is 0.181. The molecule has 1 saturated heterocycles. The largest absolute Gasteiger partial charge is 0.493 e. The van der Waals surface area contributed by atoms with Crippen molar-refractivity contribution < 1.29 is 9.47 Å². The Bertz CT molecular complexity index is 560. The van der Waals surface area contributed by atoms with Crippen molar-refractivity contribution in [2.24, 2.45) is 16.8 Å². The van der Waals surface area contributed by atoms with E-state index in [2.05, 4.69) is 44.1 Å². The summed E-state index contributed by atoms with van der Waals surface area (Å²) >= 11 is 0. The zero-order chi connectivity index (χ0) is 18.8. The Kier molecular flexibility index (Phi) is 11.7. The lowest BCUT2D eigenvalue weighted by atomic mass is 10.1. The van der Waals surface area contributed by atoms with Crippen LogP contribution in [0.25, 0.3) is 0 Å². The summed E-state index contributed by atoms with van der Waals surface area (Å²) in [6.45, 7) is 11.5. The molecule has 1 heterocycles. The fourth-order valence-electron chi connectivity index (χ4n) is 3.01. The average molecular weight is 489 g/mol. The molecule has 1 unspecified atom stereocenters. The Hall–Kier alpha value is -1.02. The number of ether oxygens (including phenoxy) is 2. The van der Waals surface area contributed by atoms with Gasteiger partial charge in [0.25, 0.3) is 0 Å². The van der Waals surface area contributed by atoms with Crippen molar-refractivity contribution in [1.29, 1.82) is 0 Å². The van der Waals surface area contributed by atoms with Crippen LogP contribution in [0.15, 0.2) is 29.3 Å². The molecule has 0 bridgehead atoms. The van der Waals surface area contributed by atoms with Crippen molar-refractivity contribution in [2.45, 2.75) is 40.2 Å². The van der Waals surface area contributed by atoms with Crippen LogP contribution in [0.3, 0.4) is 0 Å². The third-order valence-corrected chi connectivity index (χ3v) is 4.58. The molecule has 1 aromatic rings. The van der Waals surface area contributed by atoms with Gasteiger partial charge < -0.3 is 19.7 Å². The first-order valence-electron chi connectivity index (χ1n) is 9.88. The van der Waals surface area contributed by atoms with Crippen LogP contribution in [0.5, 0.6) is 5.75 Å². The highest BCUT2D eigenvalue weighted by Crippen LogP contribution is 2.20.